The summed E-state index contributed by atoms with van der Waals surface area (Å²) in [5.74, 6) is 3.42. The summed E-state index contributed by atoms with van der Waals surface area (Å²) >= 11 is 0. The molecule has 1 rings (SSSR count). The first-order valence-corrected chi connectivity index (χ1v) is 3.09. The van der Waals surface area contributed by atoms with Crippen molar-refractivity contribution in [2.45, 2.75) is 0 Å². The summed E-state index contributed by atoms with van der Waals surface area (Å²) in [6.07, 6.45) is 0. The van der Waals surface area contributed by atoms with Gasteiger partial charge in [-0.15, -0.1) is 0 Å². The van der Waals surface area contributed by atoms with Gasteiger partial charge in [0.2, 0.25) is 0 Å². The summed E-state index contributed by atoms with van der Waals surface area (Å²) in [6.45, 7) is 0. The van der Waals surface area contributed by atoms with Gasteiger partial charge in [-0.25, -0.2) is 4.79 Å². The third kappa shape index (κ3) is 3.99. The summed E-state index contributed by atoms with van der Waals surface area (Å²) in [4.78, 5) is 10.00. The van der Waals surface area contributed by atoms with Gasteiger partial charge in [0.25, 0.3) is 0 Å². The molecule has 0 atom stereocenters. The van der Waals surface area contributed by atoms with Gasteiger partial charge in [-0.3, -0.25) is 0 Å². The van der Waals surface area contributed by atoms with Crippen LogP contribution in [-0.4, -0.2) is 11.1 Å². The first-order valence-electron chi connectivity index (χ1n) is 3.09. The van der Waals surface area contributed by atoms with Gasteiger partial charge >= 0.3 is 5.97 Å². The molecule has 0 spiro atoms. The molecule has 3 heteroatoms. The number of aliphatic carboxylic acids is 1. The number of hydrogen-bond acceptors (Lipinski definition) is 1. The van der Waals surface area contributed by atoms with Gasteiger partial charge in [-0.2, -0.15) is 0 Å². The van der Waals surface area contributed by atoms with Crippen molar-refractivity contribution in [2.75, 3.05) is 0 Å². The minimum Gasteiger partial charge on any atom is -0.472 e. The van der Waals surface area contributed by atoms with Gasteiger partial charge in [0.05, 0.1) is 0 Å². The van der Waals surface area contributed by atoms with Crippen LogP contribution in [0.15, 0.2) is 30.3 Å². The zero-order valence-corrected chi connectivity index (χ0v) is 7.53. The molecule has 0 unspecified atom stereocenters. The zero-order chi connectivity index (χ0) is 8.10. The van der Waals surface area contributed by atoms with Crippen LogP contribution in [0.1, 0.15) is 5.56 Å². The SMILES string of the molecule is O=C(O)C#Cc1ccccc1.[Ag]. The molecule has 1 aromatic rings. The van der Waals surface area contributed by atoms with Gasteiger partial charge in [-0.05, 0) is 12.1 Å². The quantitative estimate of drug-likeness (QED) is 0.556. The number of hydrogen-bond donors (Lipinski definition) is 1. The van der Waals surface area contributed by atoms with Crippen molar-refractivity contribution in [1.82, 2.24) is 0 Å². The fraction of sp³-hybridized carbons (Fsp3) is 0. The van der Waals surface area contributed by atoms with E-state index in [0.717, 1.165) is 5.56 Å². The maximum atomic E-state index is 10.00. The van der Waals surface area contributed by atoms with Crippen molar-refractivity contribution in [3.63, 3.8) is 0 Å². The van der Waals surface area contributed by atoms with Crippen molar-refractivity contribution >= 4 is 5.97 Å². The Labute approximate surface area is 86.1 Å². The number of rotatable bonds is 0. The molecule has 0 saturated heterocycles. The van der Waals surface area contributed by atoms with Crippen LogP contribution in [0.3, 0.4) is 0 Å². The second-order valence-electron chi connectivity index (χ2n) is 1.92. The van der Waals surface area contributed by atoms with E-state index >= 15 is 0 Å². The Bertz CT molecular complexity index is 308. The van der Waals surface area contributed by atoms with Gasteiger partial charge < -0.3 is 5.11 Å². The molecule has 1 aromatic carbocycles. The molecule has 2 nitrogen and oxygen atoms in total. The average Bonchev–Trinajstić information content (AvgIpc) is 2.03. The zero-order valence-electron chi connectivity index (χ0n) is 6.04. The molecule has 0 aliphatic carbocycles. The fourth-order valence-electron chi connectivity index (χ4n) is 0.647. The van der Waals surface area contributed by atoms with Crippen LogP contribution in [0, 0.1) is 11.8 Å². The molecule has 0 amide bonds. The first kappa shape index (κ1) is 11.0. The van der Waals surface area contributed by atoms with Gasteiger partial charge in [0.15, 0.2) is 0 Å². The van der Waals surface area contributed by atoms with Crippen LogP contribution < -0.4 is 0 Å². The van der Waals surface area contributed by atoms with Gasteiger partial charge in [0.1, 0.15) is 0 Å². The molecule has 0 saturated carbocycles. The van der Waals surface area contributed by atoms with E-state index in [2.05, 4.69) is 5.92 Å². The molecular formula is C9H6AgO2. The molecule has 65 valence electrons. The Morgan fingerprint density at radius 1 is 1.25 bits per heavy atom. The van der Waals surface area contributed by atoms with Gasteiger partial charge in [0, 0.05) is 33.9 Å². The number of carboxylic acids is 1. The smallest absolute Gasteiger partial charge is 0.382 e. The molecule has 0 aromatic heterocycles. The van der Waals surface area contributed by atoms with Crippen LogP contribution in [0.25, 0.3) is 0 Å². The first-order chi connectivity index (χ1) is 5.29. The normalized spacial score (nSPS) is 7.33. The summed E-state index contributed by atoms with van der Waals surface area (Å²) in [5.41, 5.74) is 0.718. The van der Waals surface area contributed by atoms with Crippen molar-refractivity contribution in [1.29, 1.82) is 0 Å². The molecule has 0 bridgehead atoms. The minimum atomic E-state index is -1.10. The summed E-state index contributed by atoms with van der Waals surface area (Å²) in [6, 6.07) is 9.00. The van der Waals surface area contributed by atoms with E-state index in [1.807, 2.05) is 24.1 Å². The van der Waals surface area contributed by atoms with Gasteiger partial charge in [-0.1, -0.05) is 24.1 Å². The van der Waals surface area contributed by atoms with Crippen molar-refractivity contribution in [2.24, 2.45) is 0 Å². The second-order valence-corrected chi connectivity index (χ2v) is 1.92. The van der Waals surface area contributed by atoms with E-state index in [4.69, 9.17) is 5.11 Å². The van der Waals surface area contributed by atoms with Crippen LogP contribution in [0.2, 0.25) is 0 Å². The van der Waals surface area contributed by atoms with E-state index in [1.54, 1.807) is 12.1 Å². The van der Waals surface area contributed by atoms with E-state index in [9.17, 15) is 4.79 Å². The summed E-state index contributed by atoms with van der Waals surface area (Å²) in [5, 5.41) is 8.20. The molecule has 1 radical (unpaired) electrons. The maximum absolute atomic E-state index is 10.00. The number of benzene rings is 1. The van der Waals surface area contributed by atoms with Crippen LogP contribution in [-0.2, 0) is 27.2 Å². The Morgan fingerprint density at radius 3 is 2.33 bits per heavy atom. The monoisotopic (exact) mass is 253 g/mol. The summed E-state index contributed by atoms with van der Waals surface area (Å²) in [7, 11) is 0. The Hall–Kier alpha value is -1.01. The summed E-state index contributed by atoms with van der Waals surface area (Å²) < 4.78 is 0. The van der Waals surface area contributed by atoms with E-state index < -0.39 is 5.97 Å². The Morgan fingerprint density at radius 2 is 1.83 bits per heavy atom. The third-order valence-electron chi connectivity index (χ3n) is 1.09. The number of carboxylic acid groups (broad SMARTS) is 1. The van der Waals surface area contributed by atoms with Crippen molar-refractivity contribution in [3.05, 3.63) is 35.9 Å². The van der Waals surface area contributed by atoms with Crippen LogP contribution >= 0.6 is 0 Å². The Balaban J connectivity index is 0.00000121. The molecule has 0 aliphatic heterocycles. The molecule has 0 heterocycles. The van der Waals surface area contributed by atoms with E-state index in [0.29, 0.717) is 0 Å². The molecule has 0 aliphatic rings. The number of carbonyl (C=O) groups is 1. The van der Waals surface area contributed by atoms with Crippen molar-refractivity contribution in [3.8, 4) is 11.8 Å². The Kier molecular flexibility index (Phi) is 5.14. The predicted molar refractivity (Wildman–Crippen MR) is 41.0 cm³/mol. The molecule has 1 N–H and O–H groups in total. The van der Waals surface area contributed by atoms with Crippen LogP contribution in [0.5, 0.6) is 0 Å². The molecule has 12 heavy (non-hydrogen) atoms. The average molecular weight is 254 g/mol. The predicted octanol–water partition coefficient (Wildman–Crippen LogP) is 1.12. The fourth-order valence-corrected chi connectivity index (χ4v) is 0.647. The van der Waals surface area contributed by atoms with E-state index in [-0.39, 0.29) is 22.4 Å². The molecule has 0 fully saturated rings. The van der Waals surface area contributed by atoms with Crippen LogP contribution in [0.4, 0.5) is 0 Å². The third-order valence-corrected chi connectivity index (χ3v) is 1.09. The van der Waals surface area contributed by atoms with Crippen molar-refractivity contribution < 1.29 is 32.3 Å². The van der Waals surface area contributed by atoms with E-state index in [1.165, 1.54) is 0 Å². The molecular weight excluding hydrogens is 248 g/mol. The topological polar surface area (TPSA) is 37.3 Å². The maximum Gasteiger partial charge on any atom is 0.382 e. The minimum absolute atomic E-state index is 0. The standard InChI is InChI=1S/C9H6O2.Ag/c10-9(11)7-6-8-4-2-1-3-5-8;/h1-5H,(H,10,11);. The largest absolute Gasteiger partial charge is 0.472 e. The second kappa shape index (κ2) is 5.62.